The molecule has 0 radical (unpaired) electrons. The molecule has 0 aromatic heterocycles. The first kappa shape index (κ1) is 71.7. The van der Waals surface area contributed by atoms with Crippen LogP contribution in [0.2, 0.25) is 0 Å². The van der Waals surface area contributed by atoms with E-state index in [2.05, 4.69) is 165 Å². The first-order valence-corrected chi connectivity index (χ1v) is 34.7. The van der Waals surface area contributed by atoms with E-state index in [1.165, 1.54) is 84.7 Å². The lowest BCUT2D eigenvalue weighted by molar-refractivity contribution is -0.385. The van der Waals surface area contributed by atoms with E-state index in [0.717, 1.165) is 133 Å². The van der Waals surface area contributed by atoms with E-state index in [0.29, 0.717) is 37.4 Å². The van der Waals surface area contributed by atoms with Crippen LogP contribution in [-0.2, 0) is 78.8 Å². The number of alkyl halides is 2. The molecule has 518 valence electrons. The molecule has 0 spiro atoms. The van der Waals surface area contributed by atoms with Crippen LogP contribution in [-0.4, -0.2) is 92.3 Å². The van der Waals surface area contributed by atoms with Gasteiger partial charge in [-0.3, -0.25) is 20.2 Å². The third-order valence-corrected chi connectivity index (χ3v) is 21.1. The third kappa shape index (κ3) is 15.0. The van der Waals surface area contributed by atoms with E-state index in [1.54, 1.807) is 19.1 Å². The summed E-state index contributed by atoms with van der Waals surface area (Å²) >= 11 is 6.40. The number of halogens is 2. The Morgan fingerprint density at radius 3 is 1.11 bits per heavy atom. The number of aliphatic hydroxyl groups excluding tert-OH is 4. The maximum atomic E-state index is 11.4. The number of nitrogens with zero attached hydrogens (tertiary/aromatic N) is 10. The van der Waals surface area contributed by atoms with Gasteiger partial charge < -0.3 is 76.6 Å². The average Bonchev–Trinajstić information content (AvgIpc) is 1.68. The minimum Gasteiger partial charge on any atom is -0.412 e. The molecule has 12 N–H and O–H groups in total. The molecule has 8 aromatic rings. The fourth-order valence-electron chi connectivity index (χ4n) is 14.6. The van der Waals surface area contributed by atoms with Crippen molar-refractivity contribution in [1.82, 2.24) is 0 Å². The number of hydrogen-bond donors (Lipinski definition) is 8. The molecule has 8 aliphatic rings. The first-order chi connectivity index (χ1) is 46.8. The summed E-state index contributed by atoms with van der Waals surface area (Å²) in [6.45, 7) is 20.6. The van der Waals surface area contributed by atoms with Gasteiger partial charge in [-0.25, -0.2) is 11.1 Å². The van der Waals surface area contributed by atoms with Crippen LogP contribution in [0.5, 0.6) is 0 Å². The maximum Gasteiger partial charge on any atom is 0.277 e. The number of nitrogen functional groups attached to an aromatic ring is 2. The molecular formula is C73H88Br2N14O9. The lowest BCUT2D eigenvalue weighted by atomic mass is 9.99. The zero-order valence-corrected chi connectivity index (χ0v) is 58.9. The van der Waals surface area contributed by atoms with Crippen molar-refractivity contribution in [1.29, 1.82) is 11.1 Å². The lowest BCUT2D eigenvalue weighted by Crippen LogP contribution is -2.46. The second-order valence-electron chi connectivity index (χ2n) is 25.7. The Bertz CT molecular complexity index is 4280. The Balaban J connectivity index is 0.000000150. The normalized spacial score (nSPS) is 15.0. The minimum atomic E-state index is -0.472. The van der Waals surface area contributed by atoms with E-state index in [4.69, 9.17) is 22.5 Å². The average molecular weight is 1470 g/mol. The molecule has 8 aliphatic heterocycles. The molecule has 0 atom stereocenters. The molecule has 25 heteroatoms. The van der Waals surface area contributed by atoms with Gasteiger partial charge in [0.1, 0.15) is 0 Å². The number of aryl methyl sites for hydroxylation is 4. The Kier molecular flexibility index (Phi) is 22.8. The number of hydrogen-bond acceptors (Lipinski definition) is 20. The molecule has 0 amide bonds. The highest BCUT2D eigenvalue weighted by atomic mass is 79.9. The highest BCUT2D eigenvalue weighted by Gasteiger charge is 2.34. The van der Waals surface area contributed by atoms with Crippen LogP contribution in [0.4, 0.5) is 68.2 Å². The molecule has 8 bridgehead atoms. The number of nitro benzene ring substituents is 2. The Morgan fingerprint density at radius 1 is 0.398 bits per heavy atom. The number of fused-ring (bicyclic) bond motifs is 27. The number of nitro groups is 2. The van der Waals surface area contributed by atoms with E-state index >= 15 is 0 Å². The highest BCUT2D eigenvalue weighted by molar-refractivity contribution is 9.11. The summed E-state index contributed by atoms with van der Waals surface area (Å²) in [5, 5.41) is 62.5. The number of anilines is 10. The molecular weight excluding hydrogens is 1380 g/mol. The van der Waals surface area contributed by atoms with Gasteiger partial charge in [0.05, 0.1) is 48.5 Å². The molecule has 0 saturated heterocycles. The van der Waals surface area contributed by atoms with E-state index in [1.807, 2.05) is 30.3 Å². The molecule has 0 unspecified atom stereocenters. The predicted molar refractivity (Wildman–Crippen MR) is 399 cm³/mol. The highest BCUT2D eigenvalue weighted by Crippen LogP contribution is 2.44. The number of rotatable bonds is 7. The minimum absolute atomic E-state index is 0. The summed E-state index contributed by atoms with van der Waals surface area (Å²) < 4.78 is 0. The Hall–Kier alpha value is -9.08. The number of nitrogens with two attached hydrogens (primary N) is 2. The van der Waals surface area contributed by atoms with Gasteiger partial charge in [-0.15, -0.1) is 0 Å². The summed E-state index contributed by atoms with van der Waals surface area (Å²) in [5.74, 6) is 0. The van der Waals surface area contributed by atoms with Crippen molar-refractivity contribution >= 4 is 100 Å². The lowest BCUT2D eigenvalue weighted by Gasteiger charge is -2.45. The Labute approximate surface area is 589 Å². The van der Waals surface area contributed by atoms with E-state index in [9.17, 15) is 40.7 Å². The standard InChI is InChI=1S/C18H18N4O5.C18H22N4O.C18H20N2O.C17H18N2O.C2H4Br2.H2N2.H2O.H2/c1-11-4-12-8-19-2-3-20(16(12)6-15(11)21(24)25)9-13-5-14(10-23)18(22(26)27)7-17(13)19;1-11-4-12-8-21-2-3-22(17(12)6-15(11)19)9-13-5-14(10-23)16(20)7-18(13)21;1-13-2-4-17-15(8-13)10-19-6-7-20(17)11-16-9-14(12-21)3-5-18(16)19;1-12-2-4-16-14(6-12)8-18-11-19(16)9-15-7-13(10-20)3-5-17(15)18;3-1-2-4;1-2;;/h4-7,23H,2-3,8-10H2,1H3;4-7,23H,2-3,8-10,19-20H2,1H3;2-5,8-9,21H,6-7,10-12H2,1H3;2-7,20H,8-11H2,1H3;1-2H2;1-2H;1H2;1H. The van der Waals surface area contributed by atoms with Crippen LogP contribution in [0, 0.1) is 59.0 Å². The molecule has 98 heavy (non-hydrogen) atoms. The second-order valence-corrected chi connectivity index (χ2v) is 27.3. The summed E-state index contributed by atoms with van der Waals surface area (Å²) in [4.78, 5) is 40.6. The largest absolute Gasteiger partial charge is 0.412 e. The topological polar surface area (TPSA) is 324 Å². The van der Waals surface area contributed by atoms with Crippen molar-refractivity contribution in [3.63, 3.8) is 0 Å². The predicted octanol–water partition coefficient (Wildman–Crippen LogP) is 12.0. The zero-order valence-electron chi connectivity index (χ0n) is 55.7. The summed E-state index contributed by atoms with van der Waals surface area (Å²) in [5.41, 5.74) is 50.4. The van der Waals surface area contributed by atoms with Crippen molar-refractivity contribution in [2.24, 2.45) is 0 Å². The molecule has 0 aliphatic carbocycles. The molecule has 16 rings (SSSR count). The molecule has 0 saturated carbocycles. The van der Waals surface area contributed by atoms with Gasteiger partial charge in [-0.1, -0.05) is 85.5 Å². The summed E-state index contributed by atoms with van der Waals surface area (Å²) in [6.07, 6.45) is 0. The van der Waals surface area contributed by atoms with E-state index < -0.39 is 11.5 Å². The molecule has 8 aromatic carbocycles. The SMILES string of the molecule is BrCCBr.Cc1cc2c(cc1N)N1CCN(C2)c2cc(N)c(CO)cc2C1.Cc1cc2c(cc1[N+](=O)[O-])N1CCN(C2)c2cc([N+](=O)[O-])c(CO)cc2C1.Cc1ccc2c(c1)CN1CCN2Cc2cc(CO)ccc21.Cc1ccc2c(c1)CN1CN2Cc2cc(CO)ccc21.N=N.O.[HH]. The van der Waals surface area contributed by atoms with Crippen molar-refractivity contribution in [2.75, 3.05) is 107 Å². The van der Waals surface area contributed by atoms with Gasteiger partial charge >= 0.3 is 0 Å². The van der Waals surface area contributed by atoms with Crippen molar-refractivity contribution in [2.45, 2.75) is 106 Å². The second kappa shape index (κ2) is 31.2. The summed E-state index contributed by atoms with van der Waals surface area (Å²) in [6, 6.07) is 41.2. The van der Waals surface area contributed by atoms with Crippen LogP contribution >= 0.6 is 31.9 Å². The Morgan fingerprint density at radius 2 is 0.714 bits per heavy atom. The van der Waals surface area contributed by atoms with Crippen LogP contribution < -0.4 is 50.7 Å². The fourth-order valence-corrected chi connectivity index (χ4v) is 14.6. The summed E-state index contributed by atoms with van der Waals surface area (Å²) in [7, 11) is 0. The fraction of sp³-hybridized carbons (Fsp3) is 0.342. The monoisotopic (exact) mass is 1460 g/mol. The van der Waals surface area contributed by atoms with Gasteiger partial charge in [0, 0.05) is 184 Å². The van der Waals surface area contributed by atoms with Gasteiger partial charge in [0.2, 0.25) is 0 Å². The molecule has 23 nitrogen and oxygen atoms in total. The van der Waals surface area contributed by atoms with Gasteiger partial charge in [0.15, 0.2) is 0 Å². The smallest absolute Gasteiger partial charge is 0.277 e. The van der Waals surface area contributed by atoms with E-state index in [-0.39, 0.29) is 48.6 Å². The van der Waals surface area contributed by atoms with Gasteiger partial charge in [-0.2, -0.15) is 0 Å². The van der Waals surface area contributed by atoms with Crippen molar-refractivity contribution < 1.29 is 37.2 Å². The van der Waals surface area contributed by atoms with Crippen LogP contribution in [0.25, 0.3) is 0 Å². The third-order valence-electron chi connectivity index (χ3n) is 19.3. The first-order valence-electron chi connectivity index (χ1n) is 32.5. The quantitative estimate of drug-likeness (QED) is 0.0242. The van der Waals surface area contributed by atoms with Crippen LogP contribution in [0.15, 0.2) is 121 Å². The van der Waals surface area contributed by atoms with Crippen molar-refractivity contribution in [3.8, 4) is 0 Å². The number of aliphatic hydroxyl groups is 4. The van der Waals surface area contributed by atoms with Gasteiger partial charge in [-0.05, 0) is 156 Å². The van der Waals surface area contributed by atoms with Crippen LogP contribution in [0.1, 0.15) is 90.4 Å². The number of benzene rings is 8. The van der Waals surface area contributed by atoms with Crippen molar-refractivity contribution in [3.05, 3.63) is 231 Å². The maximum absolute atomic E-state index is 11.4. The zero-order chi connectivity index (χ0) is 68.9. The van der Waals surface area contributed by atoms with Crippen LogP contribution in [0.3, 0.4) is 0 Å². The molecule has 0 fully saturated rings. The van der Waals surface area contributed by atoms with Gasteiger partial charge in [0.25, 0.3) is 11.4 Å². The molecule has 8 heterocycles. The number of nitrogens with one attached hydrogen (secondary N) is 2.